The molecule has 9 aromatic carbocycles. The lowest BCUT2D eigenvalue weighted by Crippen LogP contribution is -2.68. The van der Waals surface area contributed by atoms with E-state index in [1.54, 1.807) is 0 Å². The van der Waals surface area contributed by atoms with E-state index < -0.39 is 0 Å². The highest BCUT2D eigenvalue weighted by Gasteiger charge is 2.50. The molecule has 0 saturated carbocycles. The van der Waals surface area contributed by atoms with Crippen molar-refractivity contribution < 1.29 is 0 Å². The highest BCUT2D eigenvalue weighted by atomic mass is 32.2. The number of nitrogens with zero attached hydrogens (tertiary/aromatic N) is 3. The zero-order valence-electron chi connectivity index (χ0n) is 32.5. The van der Waals surface area contributed by atoms with E-state index in [2.05, 4.69) is 215 Å². The molecule has 276 valence electrons. The van der Waals surface area contributed by atoms with E-state index in [0.717, 1.165) is 0 Å². The molecule has 6 heteroatoms. The minimum Gasteiger partial charge on any atom is -0.312 e. The van der Waals surface area contributed by atoms with E-state index in [0.29, 0.717) is 0 Å². The van der Waals surface area contributed by atoms with Gasteiger partial charge in [0.05, 0.1) is 16.7 Å². The Kier molecular flexibility index (Phi) is 6.66. The average molecular weight is 778 g/mol. The first-order valence-corrected chi connectivity index (χ1v) is 21.7. The number of aromatic nitrogens is 1. The van der Waals surface area contributed by atoms with Gasteiger partial charge in [0.1, 0.15) is 0 Å². The van der Waals surface area contributed by atoms with Gasteiger partial charge in [-0.05, 0) is 87.5 Å². The van der Waals surface area contributed by atoms with Crippen LogP contribution in [0.25, 0.3) is 38.6 Å². The van der Waals surface area contributed by atoms with E-state index in [1.807, 2.05) is 11.8 Å². The maximum absolute atomic E-state index is 2.66. The van der Waals surface area contributed by atoms with Gasteiger partial charge < -0.3 is 14.4 Å². The molecule has 4 aliphatic heterocycles. The molecule has 60 heavy (non-hydrogen) atoms. The molecule has 0 aliphatic carbocycles. The van der Waals surface area contributed by atoms with Crippen molar-refractivity contribution in [3.63, 3.8) is 0 Å². The summed E-state index contributed by atoms with van der Waals surface area (Å²) in [5, 5.41) is 2.56. The molecular formula is C54H33B2N3S. The van der Waals surface area contributed by atoms with Gasteiger partial charge in [-0.15, -0.1) is 0 Å². The summed E-state index contributed by atoms with van der Waals surface area (Å²) in [4.78, 5) is 7.89. The second kappa shape index (κ2) is 12.2. The van der Waals surface area contributed by atoms with Crippen LogP contribution >= 0.6 is 11.8 Å². The van der Waals surface area contributed by atoms with Crippen LogP contribution in [0, 0.1) is 0 Å². The van der Waals surface area contributed by atoms with E-state index in [9.17, 15) is 0 Å². The van der Waals surface area contributed by atoms with Crippen LogP contribution in [0.2, 0.25) is 0 Å². The molecule has 0 amide bonds. The Hall–Kier alpha value is -7.14. The predicted octanol–water partition coefficient (Wildman–Crippen LogP) is 9.83. The van der Waals surface area contributed by atoms with Gasteiger partial charge >= 0.3 is 0 Å². The van der Waals surface area contributed by atoms with Crippen LogP contribution in [0.5, 0.6) is 0 Å². The second-order valence-electron chi connectivity index (χ2n) is 16.4. The van der Waals surface area contributed by atoms with E-state index in [-0.39, 0.29) is 13.4 Å². The number of hydrogen-bond donors (Lipinski definition) is 0. The lowest BCUT2D eigenvalue weighted by Gasteiger charge is -2.49. The molecule has 0 atom stereocenters. The van der Waals surface area contributed by atoms with Crippen LogP contribution in [0.1, 0.15) is 0 Å². The average Bonchev–Trinajstić information content (AvgIpc) is 3.64. The van der Waals surface area contributed by atoms with Gasteiger partial charge in [0.2, 0.25) is 6.71 Å². The molecule has 0 unspecified atom stereocenters. The van der Waals surface area contributed by atoms with Crippen molar-refractivity contribution in [2.24, 2.45) is 0 Å². The molecule has 1 aromatic heterocycles. The van der Waals surface area contributed by atoms with Crippen LogP contribution in [0.15, 0.2) is 210 Å². The number of benzene rings is 9. The molecule has 10 aromatic rings. The SMILES string of the molecule is c1ccc(-c2ccccc2N2c3ccccc3B3c4ccccc4N4c5cc6c(cc5B5c7ccccc7Sc7cc2c3c4c75)c2ccccc2n6-c2ccccc2)cc1. The van der Waals surface area contributed by atoms with Crippen molar-refractivity contribution in [1.29, 1.82) is 0 Å². The first-order valence-electron chi connectivity index (χ1n) is 20.8. The smallest absolute Gasteiger partial charge is 0.252 e. The van der Waals surface area contributed by atoms with Crippen molar-refractivity contribution in [2.45, 2.75) is 9.79 Å². The Morgan fingerprint density at radius 1 is 0.367 bits per heavy atom. The molecule has 0 fully saturated rings. The highest BCUT2D eigenvalue weighted by Crippen LogP contribution is 2.50. The Bertz CT molecular complexity index is 3450. The first kappa shape index (κ1) is 32.8. The Labute approximate surface area is 353 Å². The molecular weight excluding hydrogens is 744 g/mol. The van der Waals surface area contributed by atoms with Gasteiger partial charge in [-0.2, -0.15) is 0 Å². The van der Waals surface area contributed by atoms with Crippen molar-refractivity contribution >= 4 is 114 Å². The third-order valence-electron chi connectivity index (χ3n) is 13.4. The summed E-state index contributed by atoms with van der Waals surface area (Å²) >= 11 is 1.94. The topological polar surface area (TPSA) is 11.4 Å². The molecule has 3 nitrogen and oxygen atoms in total. The van der Waals surface area contributed by atoms with Gasteiger partial charge in [0, 0.05) is 60.3 Å². The van der Waals surface area contributed by atoms with Gasteiger partial charge in [0.25, 0.3) is 6.71 Å². The number of fused-ring (bicyclic) bond motifs is 13. The summed E-state index contributed by atoms with van der Waals surface area (Å²) in [5.41, 5.74) is 21.8. The number of rotatable bonds is 3. The summed E-state index contributed by atoms with van der Waals surface area (Å²) in [6.45, 7) is 0.133. The summed E-state index contributed by atoms with van der Waals surface area (Å²) in [6.07, 6.45) is 0. The maximum Gasteiger partial charge on any atom is 0.252 e. The van der Waals surface area contributed by atoms with Crippen molar-refractivity contribution in [3.05, 3.63) is 200 Å². The standard InChI is InChI=1S/C54H33B2N3S/c1-3-17-34(18-4-1)36-21-7-12-26-43(36)58-45-28-14-9-23-39(45)55-40-24-10-15-29-46(40)59-48-32-47-38(37-22-8-13-27-44(37)57(47)35-19-5-2-6-20-35)31-42(48)56-41-25-11-16-30-50(41)60-51-33-49(58)52(55)54(59)53(51)56/h1-33H. The summed E-state index contributed by atoms with van der Waals surface area (Å²) in [6, 6.07) is 74.7. The quantitative estimate of drug-likeness (QED) is 0.166. The van der Waals surface area contributed by atoms with Crippen molar-refractivity contribution in [3.8, 4) is 16.8 Å². The third kappa shape index (κ3) is 4.28. The van der Waals surface area contributed by atoms with E-state index >= 15 is 0 Å². The van der Waals surface area contributed by atoms with Gasteiger partial charge in [-0.1, -0.05) is 163 Å². The summed E-state index contributed by atoms with van der Waals surface area (Å²) in [5.74, 6) is 0. The van der Waals surface area contributed by atoms with Crippen LogP contribution < -0.4 is 42.6 Å². The summed E-state index contributed by atoms with van der Waals surface area (Å²) in [7, 11) is 0. The number of para-hydroxylation sites is 5. The molecule has 0 N–H and O–H groups in total. The lowest BCUT2D eigenvalue weighted by atomic mass is 9.29. The van der Waals surface area contributed by atoms with E-state index in [4.69, 9.17) is 0 Å². The monoisotopic (exact) mass is 777 g/mol. The van der Waals surface area contributed by atoms with Gasteiger partial charge in [-0.25, -0.2) is 0 Å². The summed E-state index contributed by atoms with van der Waals surface area (Å²) < 4.78 is 2.47. The number of anilines is 6. The van der Waals surface area contributed by atoms with Crippen LogP contribution in [0.4, 0.5) is 34.1 Å². The largest absolute Gasteiger partial charge is 0.312 e. The molecule has 4 aliphatic rings. The fourth-order valence-corrected chi connectivity index (χ4v) is 12.3. The normalized spacial score (nSPS) is 13.8. The predicted molar refractivity (Wildman–Crippen MR) is 255 cm³/mol. The Balaban J connectivity index is 1.14. The minimum atomic E-state index is 0.0629. The maximum atomic E-state index is 2.66. The Morgan fingerprint density at radius 2 is 0.983 bits per heavy atom. The lowest BCUT2D eigenvalue weighted by molar-refractivity contribution is 1.18. The van der Waals surface area contributed by atoms with Crippen molar-refractivity contribution in [2.75, 3.05) is 9.80 Å². The fraction of sp³-hybridized carbons (Fsp3) is 0. The van der Waals surface area contributed by atoms with Gasteiger partial charge in [0.15, 0.2) is 0 Å². The second-order valence-corrected chi connectivity index (χ2v) is 17.4. The van der Waals surface area contributed by atoms with Crippen LogP contribution in [-0.2, 0) is 0 Å². The van der Waals surface area contributed by atoms with Crippen molar-refractivity contribution in [1.82, 2.24) is 4.57 Å². The van der Waals surface area contributed by atoms with Gasteiger partial charge in [-0.3, -0.25) is 0 Å². The van der Waals surface area contributed by atoms with E-state index in [1.165, 1.54) is 115 Å². The molecule has 0 saturated heterocycles. The third-order valence-corrected chi connectivity index (χ3v) is 14.6. The van der Waals surface area contributed by atoms with Crippen LogP contribution in [-0.4, -0.2) is 18.0 Å². The first-order chi connectivity index (χ1) is 29.8. The zero-order valence-corrected chi connectivity index (χ0v) is 33.3. The Morgan fingerprint density at radius 3 is 1.78 bits per heavy atom. The zero-order chi connectivity index (χ0) is 39.1. The minimum absolute atomic E-state index is 0.0629. The molecule has 0 radical (unpaired) electrons. The highest BCUT2D eigenvalue weighted by molar-refractivity contribution is 8.00. The fourth-order valence-electron chi connectivity index (χ4n) is 11.1. The van der Waals surface area contributed by atoms with Crippen LogP contribution in [0.3, 0.4) is 0 Å². The molecule has 14 rings (SSSR count). The number of hydrogen-bond acceptors (Lipinski definition) is 3. The molecule has 0 spiro atoms. The molecule has 0 bridgehead atoms. The molecule has 5 heterocycles.